The lowest BCUT2D eigenvalue weighted by molar-refractivity contribution is 0.112. The van der Waals surface area contributed by atoms with Gasteiger partial charge in [-0.1, -0.05) is 29.8 Å². The van der Waals surface area contributed by atoms with E-state index >= 15 is 0 Å². The number of rotatable bonds is 2. The first-order valence-electron chi connectivity index (χ1n) is 6.75. The van der Waals surface area contributed by atoms with Crippen LogP contribution in [0.2, 0.25) is 0 Å². The van der Waals surface area contributed by atoms with Gasteiger partial charge in [0, 0.05) is 16.5 Å². The molecule has 0 bridgehead atoms. The van der Waals surface area contributed by atoms with Crippen LogP contribution in [-0.2, 0) is 0 Å². The normalized spacial score (nSPS) is 10.9. The fourth-order valence-electron chi connectivity index (χ4n) is 2.90. The van der Waals surface area contributed by atoms with Gasteiger partial charge < -0.3 is 4.98 Å². The minimum atomic E-state index is 0.753. The van der Waals surface area contributed by atoms with Crippen molar-refractivity contribution in [2.75, 3.05) is 0 Å². The Labute approximate surface area is 118 Å². The van der Waals surface area contributed by atoms with Gasteiger partial charge in [0.1, 0.15) is 0 Å². The van der Waals surface area contributed by atoms with E-state index < -0.39 is 0 Å². The summed E-state index contributed by atoms with van der Waals surface area (Å²) in [5.41, 5.74) is 7.27. The monoisotopic (exact) mass is 263 g/mol. The minimum absolute atomic E-state index is 0.753. The van der Waals surface area contributed by atoms with Crippen LogP contribution in [0.15, 0.2) is 36.4 Å². The molecule has 0 spiro atoms. The van der Waals surface area contributed by atoms with Crippen molar-refractivity contribution in [1.29, 1.82) is 0 Å². The third-order valence-corrected chi connectivity index (χ3v) is 3.70. The molecule has 1 aromatic heterocycles. The van der Waals surface area contributed by atoms with Gasteiger partial charge in [-0.15, -0.1) is 0 Å². The first-order valence-corrected chi connectivity index (χ1v) is 6.75. The molecule has 100 valence electrons. The van der Waals surface area contributed by atoms with Gasteiger partial charge in [0.2, 0.25) is 0 Å². The number of carbonyl (C=O) groups is 1. The topological polar surface area (TPSA) is 32.9 Å². The van der Waals surface area contributed by atoms with Crippen LogP contribution in [0.5, 0.6) is 0 Å². The fraction of sp³-hybridized carbons (Fsp3) is 0.167. The van der Waals surface area contributed by atoms with Crippen molar-refractivity contribution >= 4 is 17.2 Å². The van der Waals surface area contributed by atoms with E-state index in [1.165, 1.54) is 11.1 Å². The molecule has 20 heavy (non-hydrogen) atoms. The zero-order valence-electron chi connectivity index (χ0n) is 11.9. The van der Waals surface area contributed by atoms with Gasteiger partial charge in [-0.3, -0.25) is 4.79 Å². The number of aromatic nitrogens is 1. The average molecular weight is 263 g/mol. The predicted molar refractivity (Wildman–Crippen MR) is 83.3 cm³/mol. The van der Waals surface area contributed by atoms with Crippen LogP contribution in [0, 0.1) is 20.8 Å². The van der Waals surface area contributed by atoms with Crippen LogP contribution in [0.1, 0.15) is 27.0 Å². The van der Waals surface area contributed by atoms with Crippen LogP contribution in [-0.4, -0.2) is 11.3 Å². The summed E-state index contributed by atoms with van der Waals surface area (Å²) in [6, 6.07) is 12.4. The maximum absolute atomic E-state index is 11.6. The van der Waals surface area contributed by atoms with E-state index in [0.29, 0.717) is 0 Å². The third-order valence-electron chi connectivity index (χ3n) is 3.70. The van der Waals surface area contributed by atoms with Gasteiger partial charge in [0.25, 0.3) is 0 Å². The Balaban J connectivity index is 2.37. The second kappa shape index (κ2) is 4.64. The highest BCUT2D eigenvalue weighted by Gasteiger charge is 2.14. The Morgan fingerprint density at radius 3 is 2.50 bits per heavy atom. The van der Waals surface area contributed by atoms with E-state index in [4.69, 9.17) is 0 Å². The SMILES string of the molecule is Cc1cccc(-c2[nH]c3cc(C)cc(C)c3c2C=O)c1. The fourth-order valence-corrected chi connectivity index (χ4v) is 2.90. The maximum atomic E-state index is 11.6. The number of hydrogen-bond donors (Lipinski definition) is 1. The average Bonchev–Trinajstić information content (AvgIpc) is 2.77. The van der Waals surface area contributed by atoms with Crippen molar-refractivity contribution in [3.8, 4) is 11.3 Å². The van der Waals surface area contributed by atoms with E-state index in [1.54, 1.807) is 0 Å². The van der Waals surface area contributed by atoms with Gasteiger partial charge in [-0.05, 0) is 49.6 Å². The van der Waals surface area contributed by atoms with Crippen molar-refractivity contribution in [3.63, 3.8) is 0 Å². The number of hydrogen-bond acceptors (Lipinski definition) is 1. The first kappa shape index (κ1) is 12.7. The van der Waals surface area contributed by atoms with Crippen molar-refractivity contribution in [1.82, 2.24) is 4.98 Å². The molecule has 0 saturated carbocycles. The molecule has 3 aromatic rings. The van der Waals surface area contributed by atoms with E-state index in [-0.39, 0.29) is 0 Å². The molecule has 0 aliphatic carbocycles. The molecule has 2 nitrogen and oxygen atoms in total. The predicted octanol–water partition coefficient (Wildman–Crippen LogP) is 4.57. The van der Waals surface area contributed by atoms with Crippen LogP contribution < -0.4 is 0 Å². The van der Waals surface area contributed by atoms with Crippen LogP contribution in [0.4, 0.5) is 0 Å². The molecule has 0 saturated heterocycles. The summed E-state index contributed by atoms with van der Waals surface area (Å²) < 4.78 is 0. The number of benzene rings is 2. The highest BCUT2D eigenvalue weighted by molar-refractivity contribution is 6.06. The summed E-state index contributed by atoms with van der Waals surface area (Å²) in [6.07, 6.45) is 0.957. The van der Waals surface area contributed by atoms with Gasteiger partial charge >= 0.3 is 0 Å². The molecule has 0 unspecified atom stereocenters. The summed E-state index contributed by atoms with van der Waals surface area (Å²) in [6.45, 7) is 6.18. The number of carbonyl (C=O) groups excluding carboxylic acids is 1. The third kappa shape index (κ3) is 1.94. The molecular formula is C18H17NO. The first-order chi connectivity index (χ1) is 9.60. The van der Waals surface area contributed by atoms with Crippen molar-refractivity contribution in [2.45, 2.75) is 20.8 Å². The largest absolute Gasteiger partial charge is 0.354 e. The standard InChI is InChI=1S/C18H17NO/c1-11-5-4-6-14(8-11)18-15(10-20)17-13(3)7-12(2)9-16(17)19-18/h4-10,19H,1-3H3. The molecule has 0 radical (unpaired) electrons. The van der Waals surface area contributed by atoms with Crippen LogP contribution in [0.25, 0.3) is 22.2 Å². The summed E-state index contributed by atoms with van der Waals surface area (Å²) in [4.78, 5) is 15.0. The smallest absolute Gasteiger partial charge is 0.152 e. The number of nitrogens with one attached hydrogen (secondary N) is 1. The zero-order valence-corrected chi connectivity index (χ0v) is 11.9. The Morgan fingerprint density at radius 2 is 1.80 bits per heavy atom. The minimum Gasteiger partial charge on any atom is -0.354 e. The Morgan fingerprint density at radius 1 is 1.00 bits per heavy atom. The lowest BCUT2D eigenvalue weighted by Crippen LogP contribution is -1.86. The maximum Gasteiger partial charge on any atom is 0.152 e. The molecule has 1 N–H and O–H groups in total. The molecule has 2 aromatic carbocycles. The quantitative estimate of drug-likeness (QED) is 0.675. The van der Waals surface area contributed by atoms with E-state index in [0.717, 1.165) is 39.6 Å². The summed E-state index contributed by atoms with van der Waals surface area (Å²) in [5, 5.41) is 1.03. The highest BCUT2D eigenvalue weighted by Crippen LogP contribution is 2.32. The molecule has 2 heteroatoms. The molecule has 0 fully saturated rings. The van der Waals surface area contributed by atoms with E-state index in [2.05, 4.69) is 50.0 Å². The van der Waals surface area contributed by atoms with E-state index in [1.807, 2.05) is 12.1 Å². The van der Waals surface area contributed by atoms with Crippen molar-refractivity contribution < 1.29 is 4.79 Å². The van der Waals surface area contributed by atoms with Crippen LogP contribution in [0.3, 0.4) is 0 Å². The Kier molecular flexibility index (Phi) is 2.94. The number of fused-ring (bicyclic) bond motifs is 1. The van der Waals surface area contributed by atoms with Crippen LogP contribution >= 0.6 is 0 Å². The number of aromatic amines is 1. The molecule has 1 heterocycles. The second-order valence-corrected chi connectivity index (χ2v) is 5.41. The van der Waals surface area contributed by atoms with Crippen molar-refractivity contribution in [3.05, 3.63) is 58.7 Å². The second-order valence-electron chi connectivity index (χ2n) is 5.41. The Hall–Kier alpha value is -2.35. The molecule has 0 aliphatic heterocycles. The summed E-state index contributed by atoms with van der Waals surface area (Å²) in [7, 11) is 0. The Bertz CT molecular complexity index is 812. The summed E-state index contributed by atoms with van der Waals surface area (Å²) in [5.74, 6) is 0. The molecule has 3 rings (SSSR count). The van der Waals surface area contributed by atoms with Gasteiger partial charge in [0.15, 0.2) is 6.29 Å². The van der Waals surface area contributed by atoms with Crippen molar-refractivity contribution in [2.24, 2.45) is 0 Å². The lowest BCUT2D eigenvalue weighted by Gasteiger charge is -2.02. The molecule has 0 amide bonds. The zero-order chi connectivity index (χ0) is 14.3. The number of aryl methyl sites for hydroxylation is 3. The molecule has 0 aliphatic rings. The highest BCUT2D eigenvalue weighted by atomic mass is 16.1. The lowest BCUT2D eigenvalue weighted by atomic mass is 10.0. The van der Waals surface area contributed by atoms with E-state index in [9.17, 15) is 4.79 Å². The van der Waals surface area contributed by atoms with Gasteiger partial charge in [-0.2, -0.15) is 0 Å². The molecular weight excluding hydrogens is 246 g/mol. The molecule has 0 atom stereocenters. The number of H-pyrrole nitrogens is 1. The van der Waals surface area contributed by atoms with Gasteiger partial charge in [-0.25, -0.2) is 0 Å². The summed E-state index contributed by atoms with van der Waals surface area (Å²) >= 11 is 0. The number of aldehydes is 1. The van der Waals surface area contributed by atoms with Gasteiger partial charge in [0.05, 0.1) is 5.69 Å².